The molecule has 0 aliphatic carbocycles. The summed E-state index contributed by atoms with van der Waals surface area (Å²) in [5.41, 5.74) is 1.11. The van der Waals surface area contributed by atoms with Crippen molar-refractivity contribution < 1.29 is 0 Å². The highest BCUT2D eigenvalue weighted by Gasteiger charge is 2.28. The third-order valence-electron chi connectivity index (χ3n) is 4.03. The number of aromatic nitrogens is 1. The molecule has 0 saturated carbocycles. The maximum atomic E-state index is 4.63. The van der Waals surface area contributed by atoms with Gasteiger partial charge in [0.05, 0.1) is 0 Å². The minimum absolute atomic E-state index is 0.717. The Bertz CT molecular complexity index is 401. The van der Waals surface area contributed by atoms with Crippen LogP contribution in [0.4, 0.5) is 5.82 Å². The highest BCUT2D eigenvalue weighted by molar-refractivity contribution is 5.40. The van der Waals surface area contributed by atoms with E-state index in [4.69, 9.17) is 0 Å². The fourth-order valence-electron chi connectivity index (χ4n) is 3.00. The summed E-state index contributed by atoms with van der Waals surface area (Å²) in [5, 5.41) is 3.42. The van der Waals surface area contributed by atoms with E-state index in [1.807, 2.05) is 0 Å². The molecule has 1 atom stereocenters. The van der Waals surface area contributed by atoms with Gasteiger partial charge in [0, 0.05) is 51.0 Å². The maximum absolute atomic E-state index is 4.63. The van der Waals surface area contributed by atoms with E-state index in [9.17, 15) is 0 Å². The average Bonchev–Trinajstić information content (AvgIpc) is 2.89. The molecule has 2 aliphatic heterocycles. The lowest BCUT2D eigenvalue weighted by Gasteiger charge is -2.32. The molecule has 2 fully saturated rings. The Morgan fingerprint density at radius 3 is 2.83 bits per heavy atom. The molecule has 0 aromatic carbocycles. The van der Waals surface area contributed by atoms with E-state index in [1.165, 1.54) is 19.5 Å². The van der Waals surface area contributed by atoms with Crippen LogP contribution in [0, 0.1) is 6.92 Å². The topological polar surface area (TPSA) is 31.4 Å². The Kier molecular flexibility index (Phi) is 3.48. The molecule has 4 heteroatoms. The van der Waals surface area contributed by atoms with Crippen molar-refractivity contribution in [1.29, 1.82) is 0 Å². The zero-order valence-corrected chi connectivity index (χ0v) is 11.1. The normalized spacial score (nSPS) is 25.6. The van der Waals surface area contributed by atoms with Gasteiger partial charge in [-0.1, -0.05) is 6.07 Å². The van der Waals surface area contributed by atoms with Crippen molar-refractivity contribution in [2.45, 2.75) is 19.4 Å². The van der Waals surface area contributed by atoms with Crippen LogP contribution in [0.2, 0.25) is 0 Å². The zero-order valence-electron chi connectivity index (χ0n) is 11.1. The standard InChI is InChI=1S/C14H22N4/c1-12-3-2-4-14(16-12)18-8-5-13(11-18)17-9-6-15-7-10-17/h2-4,13,15H,5-11H2,1H3. The summed E-state index contributed by atoms with van der Waals surface area (Å²) < 4.78 is 0. The summed E-state index contributed by atoms with van der Waals surface area (Å²) in [7, 11) is 0. The quantitative estimate of drug-likeness (QED) is 0.839. The predicted molar refractivity (Wildman–Crippen MR) is 74.0 cm³/mol. The molecular weight excluding hydrogens is 224 g/mol. The first-order valence-electron chi connectivity index (χ1n) is 6.96. The van der Waals surface area contributed by atoms with Crippen LogP contribution >= 0.6 is 0 Å². The molecule has 18 heavy (non-hydrogen) atoms. The monoisotopic (exact) mass is 246 g/mol. The van der Waals surface area contributed by atoms with Crippen LogP contribution in [0.1, 0.15) is 12.1 Å². The van der Waals surface area contributed by atoms with Gasteiger partial charge in [0.1, 0.15) is 5.82 Å². The molecule has 98 valence electrons. The van der Waals surface area contributed by atoms with Gasteiger partial charge in [-0.25, -0.2) is 4.98 Å². The molecule has 1 unspecified atom stereocenters. The molecule has 1 aromatic rings. The number of nitrogens with one attached hydrogen (secondary N) is 1. The van der Waals surface area contributed by atoms with Crippen LogP contribution in [0.15, 0.2) is 18.2 Å². The predicted octanol–water partition coefficient (Wildman–Crippen LogP) is 0.874. The van der Waals surface area contributed by atoms with E-state index in [0.29, 0.717) is 0 Å². The summed E-state index contributed by atoms with van der Waals surface area (Å²) in [6.07, 6.45) is 1.27. The number of piperazine rings is 1. The van der Waals surface area contributed by atoms with Crippen molar-refractivity contribution in [3.63, 3.8) is 0 Å². The number of aryl methyl sites for hydroxylation is 1. The molecule has 1 N–H and O–H groups in total. The van der Waals surface area contributed by atoms with Gasteiger partial charge in [0.25, 0.3) is 0 Å². The number of hydrogen-bond donors (Lipinski definition) is 1. The van der Waals surface area contributed by atoms with Crippen LogP contribution < -0.4 is 10.2 Å². The van der Waals surface area contributed by atoms with Crippen molar-refractivity contribution in [2.24, 2.45) is 0 Å². The van der Waals surface area contributed by atoms with E-state index in [1.54, 1.807) is 0 Å². The molecule has 1 aromatic heterocycles. The second-order valence-corrected chi connectivity index (χ2v) is 5.31. The minimum atomic E-state index is 0.717. The lowest BCUT2D eigenvalue weighted by molar-refractivity contribution is 0.185. The Morgan fingerprint density at radius 1 is 1.22 bits per heavy atom. The fraction of sp³-hybridized carbons (Fsp3) is 0.643. The van der Waals surface area contributed by atoms with Crippen LogP contribution in [0.25, 0.3) is 0 Å². The van der Waals surface area contributed by atoms with Crippen LogP contribution in [0.3, 0.4) is 0 Å². The molecule has 4 nitrogen and oxygen atoms in total. The van der Waals surface area contributed by atoms with Crippen molar-refractivity contribution >= 4 is 5.82 Å². The molecule has 0 amide bonds. The first-order valence-corrected chi connectivity index (χ1v) is 6.96. The second-order valence-electron chi connectivity index (χ2n) is 5.31. The molecule has 3 heterocycles. The van der Waals surface area contributed by atoms with Gasteiger partial charge in [-0.3, -0.25) is 4.90 Å². The van der Waals surface area contributed by atoms with Crippen LogP contribution in [-0.2, 0) is 0 Å². The molecule has 2 saturated heterocycles. The Hall–Kier alpha value is -1.13. The lowest BCUT2D eigenvalue weighted by Crippen LogP contribution is -2.49. The zero-order chi connectivity index (χ0) is 12.4. The summed E-state index contributed by atoms with van der Waals surface area (Å²) in [4.78, 5) is 9.69. The van der Waals surface area contributed by atoms with E-state index in [0.717, 1.165) is 43.7 Å². The molecule has 2 aliphatic rings. The van der Waals surface area contributed by atoms with Gasteiger partial charge >= 0.3 is 0 Å². The number of rotatable bonds is 2. The van der Waals surface area contributed by atoms with Crippen molar-refractivity contribution in [3.8, 4) is 0 Å². The third kappa shape index (κ3) is 2.49. The van der Waals surface area contributed by atoms with Crippen LogP contribution in [-0.4, -0.2) is 55.2 Å². The molecule has 0 radical (unpaired) electrons. The highest BCUT2D eigenvalue weighted by Crippen LogP contribution is 2.21. The molecule has 3 rings (SSSR count). The molecule has 0 spiro atoms. The first kappa shape index (κ1) is 11.9. The lowest BCUT2D eigenvalue weighted by atomic mass is 10.2. The highest BCUT2D eigenvalue weighted by atomic mass is 15.3. The van der Waals surface area contributed by atoms with E-state index in [-0.39, 0.29) is 0 Å². The van der Waals surface area contributed by atoms with E-state index < -0.39 is 0 Å². The number of hydrogen-bond acceptors (Lipinski definition) is 4. The van der Waals surface area contributed by atoms with Crippen molar-refractivity contribution in [3.05, 3.63) is 23.9 Å². The molecular formula is C14H22N4. The van der Waals surface area contributed by atoms with E-state index in [2.05, 4.69) is 45.2 Å². The maximum Gasteiger partial charge on any atom is 0.128 e. The number of pyridine rings is 1. The minimum Gasteiger partial charge on any atom is -0.355 e. The van der Waals surface area contributed by atoms with Gasteiger partial charge in [-0.15, -0.1) is 0 Å². The third-order valence-corrected chi connectivity index (χ3v) is 4.03. The summed E-state index contributed by atoms with van der Waals surface area (Å²) in [6, 6.07) is 7.02. The largest absolute Gasteiger partial charge is 0.355 e. The Morgan fingerprint density at radius 2 is 2.06 bits per heavy atom. The number of anilines is 1. The first-order chi connectivity index (χ1) is 8.83. The fourth-order valence-corrected chi connectivity index (χ4v) is 3.00. The average molecular weight is 246 g/mol. The summed E-state index contributed by atoms with van der Waals surface area (Å²) in [6.45, 7) is 9.01. The van der Waals surface area contributed by atoms with Crippen molar-refractivity contribution in [2.75, 3.05) is 44.2 Å². The van der Waals surface area contributed by atoms with Crippen molar-refractivity contribution in [1.82, 2.24) is 15.2 Å². The SMILES string of the molecule is Cc1cccc(N2CCC(N3CCNCC3)C2)n1. The summed E-state index contributed by atoms with van der Waals surface area (Å²) in [5.74, 6) is 1.15. The Balaban J connectivity index is 1.64. The van der Waals surface area contributed by atoms with Gasteiger partial charge in [0.2, 0.25) is 0 Å². The number of nitrogens with zero attached hydrogens (tertiary/aromatic N) is 3. The smallest absolute Gasteiger partial charge is 0.128 e. The van der Waals surface area contributed by atoms with Crippen LogP contribution in [0.5, 0.6) is 0 Å². The van der Waals surface area contributed by atoms with Gasteiger partial charge in [-0.05, 0) is 25.5 Å². The molecule has 0 bridgehead atoms. The van der Waals surface area contributed by atoms with E-state index >= 15 is 0 Å². The van der Waals surface area contributed by atoms with Gasteiger partial charge in [0.15, 0.2) is 0 Å². The second kappa shape index (κ2) is 5.24. The van der Waals surface area contributed by atoms with Gasteiger partial charge < -0.3 is 10.2 Å². The van der Waals surface area contributed by atoms with Gasteiger partial charge in [-0.2, -0.15) is 0 Å². The summed E-state index contributed by atoms with van der Waals surface area (Å²) >= 11 is 0. The Labute approximate surface area is 109 Å².